The molecule has 1 aromatic carbocycles. The molecular weight excluding hydrogens is 313 g/mol. The number of aromatic nitrogens is 2. The van der Waals surface area contributed by atoms with E-state index in [1.807, 2.05) is 6.92 Å². The Kier molecular flexibility index (Phi) is 5.33. The molecule has 0 saturated heterocycles. The van der Waals surface area contributed by atoms with Gasteiger partial charge in [-0.25, -0.2) is 9.07 Å². The van der Waals surface area contributed by atoms with Gasteiger partial charge in [0.2, 0.25) is 0 Å². The number of para-hydroxylation sites is 1. The number of rotatable bonds is 6. The Hall–Kier alpha value is -2.70. The van der Waals surface area contributed by atoms with Crippen LogP contribution >= 0.6 is 0 Å². The lowest BCUT2D eigenvalue weighted by atomic mass is 10.1. The summed E-state index contributed by atoms with van der Waals surface area (Å²) < 4.78 is 15.3. The van der Waals surface area contributed by atoms with Gasteiger partial charge in [-0.15, -0.1) is 0 Å². The van der Waals surface area contributed by atoms with Gasteiger partial charge in [-0.05, 0) is 32.4 Å². The van der Waals surface area contributed by atoms with E-state index >= 15 is 0 Å². The maximum Gasteiger partial charge on any atom is 0.323 e. The third-order valence-corrected chi connectivity index (χ3v) is 4.01. The van der Waals surface area contributed by atoms with Gasteiger partial charge in [0, 0.05) is 6.04 Å². The van der Waals surface area contributed by atoms with Crippen LogP contribution in [0.3, 0.4) is 0 Å². The molecule has 6 nitrogen and oxygen atoms in total. The van der Waals surface area contributed by atoms with Crippen LogP contribution < -0.4 is 0 Å². The molecule has 0 bridgehead atoms. The highest BCUT2D eigenvalue weighted by Crippen LogP contribution is 2.19. The average Bonchev–Trinajstić information content (AvgIpc) is 2.93. The van der Waals surface area contributed by atoms with Crippen LogP contribution in [0.2, 0.25) is 0 Å². The van der Waals surface area contributed by atoms with Crippen molar-refractivity contribution in [2.24, 2.45) is 0 Å². The second kappa shape index (κ2) is 7.25. The molecule has 128 valence electrons. The predicted molar refractivity (Wildman–Crippen MR) is 86.7 cm³/mol. The molecule has 2 aromatic rings. The molecule has 0 fully saturated rings. The first kappa shape index (κ1) is 17.7. The smallest absolute Gasteiger partial charge is 0.323 e. The summed E-state index contributed by atoms with van der Waals surface area (Å²) in [5, 5.41) is 13.1. The molecule has 0 spiro atoms. The van der Waals surface area contributed by atoms with Crippen LogP contribution in [0.25, 0.3) is 5.69 Å². The summed E-state index contributed by atoms with van der Waals surface area (Å²) in [6, 6.07) is 5.89. The number of halogens is 1. The zero-order valence-corrected chi connectivity index (χ0v) is 13.9. The fourth-order valence-electron chi connectivity index (χ4n) is 2.43. The minimum absolute atomic E-state index is 0.232. The molecule has 1 heterocycles. The lowest BCUT2D eigenvalue weighted by Gasteiger charge is -2.26. The Balaban J connectivity index is 2.40. The number of hydrogen-bond donors (Lipinski definition) is 1. The topological polar surface area (TPSA) is 75.4 Å². The molecule has 1 N–H and O–H groups in total. The average molecular weight is 333 g/mol. The monoisotopic (exact) mass is 333 g/mol. The number of benzene rings is 1. The SMILES string of the molecule is CCC(C)N(CC(=O)O)C(=O)c1cnn(-c2ccccc2F)c1C. The summed E-state index contributed by atoms with van der Waals surface area (Å²) in [4.78, 5) is 25.1. The third kappa shape index (κ3) is 3.45. The predicted octanol–water partition coefficient (Wildman–Crippen LogP) is 2.65. The van der Waals surface area contributed by atoms with Gasteiger partial charge >= 0.3 is 5.97 Å². The summed E-state index contributed by atoms with van der Waals surface area (Å²) >= 11 is 0. The van der Waals surface area contributed by atoms with Crippen molar-refractivity contribution in [1.29, 1.82) is 0 Å². The Morgan fingerprint density at radius 2 is 2.04 bits per heavy atom. The molecular formula is C17H20FN3O3. The zero-order valence-electron chi connectivity index (χ0n) is 13.9. The summed E-state index contributed by atoms with van der Waals surface area (Å²) in [7, 11) is 0. The van der Waals surface area contributed by atoms with Crippen molar-refractivity contribution in [2.45, 2.75) is 33.2 Å². The highest BCUT2D eigenvalue weighted by molar-refractivity contribution is 5.97. The van der Waals surface area contributed by atoms with E-state index in [0.717, 1.165) is 0 Å². The molecule has 0 aliphatic carbocycles. The molecule has 0 aliphatic heterocycles. The maximum atomic E-state index is 13.9. The van der Waals surface area contributed by atoms with E-state index in [1.54, 1.807) is 32.0 Å². The number of aliphatic carboxylic acids is 1. The van der Waals surface area contributed by atoms with Gasteiger partial charge in [-0.2, -0.15) is 5.10 Å². The molecule has 1 unspecified atom stereocenters. The van der Waals surface area contributed by atoms with Crippen molar-refractivity contribution in [3.63, 3.8) is 0 Å². The first-order valence-corrected chi connectivity index (χ1v) is 7.69. The van der Waals surface area contributed by atoms with E-state index in [2.05, 4.69) is 5.10 Å². The summed E-state index contributed by atoms with van der Waals surface area (Å²) in [5.41, 5.74) is 0.964. The van der Waals surface area contributed by atoms with Gasteiger partial charge in [0.15, 0.2) is 0 Å². The third-order valence-electron chi connectivity index (χ3n) is 4.01. The van der Waals surface area contributed by atoms with Gasteiger partial charge in [-0.3, -0.25) is 9.59 Å². The summed E-state index contributed by atoms with van der Waals surface area (Å²) in [5.74, 6) is -1.96. The van der Waals surface area contributed by atoms with Crippen LogP contribution in [0.1, 0.15) is 36.3 Å². The van der Waals surface area contributed by atoms with Crippen molar-refractivity contribution in [3.8, 4) is 5.69 Å². The van der Waals surface area contributed by atoms with Gasteiger partial charge < -0.3 is 10.0 Å². The van der Waals surface area contributed by atoms with Crippen LogP contribution in [-0.4, -0.2) is 44.3 Å². The first-order valence-electron chi connectivity index (χ1n) is 7.69. The molecule has 1 atom stereocenters. The molecule has 2 rings (SSSR count). The standard InChI is InChI=1S/C17H20FN3O3/c1-4-11(2)20(10-16(22)23)17(24)13-9-19-21(12(13)3)15-8-6-5-7-14(15)18/h5-9,11H,4,10H2,1-3H3,(H,22,23). The van der Waals surface area contributed by atoms with E-state index in [4.69, 9.17) is 5.11 Å². The second-order valence-electron chi connectivity index (χ2n) is 5.59. The van der Waals surface area contributed by atoms with Gasteiger partial charge in [0.1, 0.15) is 18.0 Å². The minimum atomic E-state index is -1.08. The molecule has 7 heteroatoms. The normalized spacial score (nSPS) is 12.0. The van der Waals surface area contributed by atoms with E-state index < -0.39 is 24.2 Å². The summed E-state index contributed by atoms with van der Waals surface area (Å²) in [6.45, 7) is 4.93. The Labute approximate surface area is 139 Å². The summed E-state index contributed by atoms with van der Waals surface area (Å²) in [6.07, 6.45) is 1.97. The lowest BCUT2D eigenvalue weighted by Crippen LogP contribution is -2.42. The van der Waals surface area contributed by atoms with Gasteiger partial charge in [-0.1, -0.05) is 19.1 Å². The fraction of sp³-hybridized carbons (Fsp3) is 0.353. The van der Waals surface area contributed by atoms with E-state index in [0.29, 0.717) is 12.1 Å². The minimum Gasteiger partial charge on any atom is -0.480 e. The highest BCUT2D eigenvalue weighted by atomic mass is 19.1. The number of carbonyl (C=O) groups excluding carboxylic acids is 1. The van der Waals surface area contributed by atoms with Crippen molar-refractivity contribution in [2.75, 3.05) is 6.54 Å². The molecule has 1 aromatic heterocycles. The van der Waals surface area contributed by atoms with Crippen LogP contribution in [0.15, 0.2) is 30.5 Å². The number of amides is 1. The molecule has 1 amide bonds. The number of carboxylic acid groups (broad SMARTS) is 1. The van der Waals surface area contributed by atoms with Gasteiger partial charge in [0.25, 0.3) is 5.91 Å². The van der Waals surface area contributed by atoms with Crippen LogP contribution in [0.4, 0.5) is 4.39 Å². The van der Waals surface area contributed by atoms with Crippen LogP contribution in [0, 0.1) is 12.7 Å². The molecule has 0 saturated carbocycles. The van der Waals surface area contributed by atoms with E-state index in [-0.39, 0.29) is 17.3 Å². The number of carbonyl (C=O) groups is 2. The fourth-order valence-corrected chi connectivity index (χ4v) is 2.43. The molecule has 0 radical (unpaired) electrons. The van der Waals surface area contributed by atoms with Crippen LogP contribution in [-0.2, 0) is 4.79 Å². The lowest BCUT2D eigenvalue weighted by molar-refractivity contribution is -0.138. The zero-order chi connectivity index (χ0) is 17.9. The van der Waals surface area contributed by atoms with E-state index in [1.165, 1.54) is 21.8 Å². The Morgan fingerprint density at radius 3 is 2.62 bits per heavy atom. The largest absolute Gasteiger partial charge is 0.480 e. The van der Waals surface area contributed by atoms with E-state index in [9.17, 15) is 14.0 Å². The van der Waals surface area contributed by atoms with Crippen molar-refractivity contribution >= 4 is 11.9 Å². The Morgan fingerprint density at radius 1 is 1.38 bits per heavy atom. The first-order chi connectivity index (χ1) is 11.4. The maximum absolute atomic E-state index is 13.9. The van der Waals surface area contributed by atoms with Crippen molar-refractivity contribution in [3.05, 3.63) is 47.5 Å². The highest BCUT2D eigenvalue weighted by Gasteiger charge is 2.26. The molecule has 0 aliphatic rings. The number of hydrogen-bond acceptors (Lipinski definition) is 3. The Bertz CT molecular complexity index is 757. The van der Waals surface area contributed by atoms with Crippen molar-refractivity contribution < 1.29 is 19.1 Å². The number of nitrogens with zero attached hydrogens (tertiary/aromatic N) is 3. The van der Waals surface area contributed by atoms with Crippen molar-refractivity contribution in [1.82, 2.24) is 14.7 Å². The number of carboxylic acids is 1. The van der Waals surface area contributed by atoms with Crippen LogP contribution in [0.5, 0.6) is 0 Å². The van der Waals surface area contributed by atoms with Gasteiger partial charge in [0.05, 0.1) is 17.5 Å². The quantitative estimate of drug-likeness (QED) is 0.882. The second-order valence-corrected chi connectivity index (χ2v) is 5.59. The molecule has 24 heavy (non-hydrogen) atoms.